The SMILES string of the molecule is Cc1ccc(C(=O)CC(C)c2cccc(NC3=CC(=O)N(C4CCC(=O)NC4=O)C3=O)c2)cc1Cl. The van der Waals surface area contributed by atoms with Gasteiger partial charge in [0, 0.05) is 35.2 Å². The number of piperidine rings is 1. The van der Waals surface area contributed by atoms with Gasteiger partial charge in [-0.1, -0.05) is 42.8 Å². The number of halogens is 1. The summed E-state index contributed by atoms with van der Waals surface area (Å²) < 4.78 is 0. The summed E-state index contributed by atoms with van der Waals surface area (Å²) in [6.45, 7) is 3.81. The van der Waals surface area contributed by atoms with Crippen LogP contribution in [0.3, 0.4) is 0 Å². The number of hydrogen-bond donors (Lipinski definition) is 2. The van der Waals surface area contributed by atoms with E-state index in [9.17, 15) is 24.0 Å². The normalized spacial score (nSPS) is 18.9. The molecule has 2 unspecified atom stereocenters. The van der Waals surface area contributed by atoms with E-state index in [1.165, 1.54) is 0 Å². The van der Waals surface area contributed by atoms with Gasteiger partial charge in [-0.2, -0.15) is 0 Å². The molecule has 4 amide bonds. The second kappa shape index (κ2) is 9.84. The fraction of sp³-hybridized carbons (Fsp3) is 0.269. The van der Waals surface area contributed by atoms with Crippen molar-refractivity contribution in [2.24, 2.45) is 0 Å². The Hall–Kier alpha value is -3.78. The molecule has 8 nitrogen and oxygen atoms in total. The predicted octanol–water partition coefficient (Wildman–Crippen LogP) is 3.49. The molecule has 9 heteroatoms. The van der Waals surface area contributed by atoms with Crippen molar-refractivity contribution in [2.75, 3.05) is 5.32 Å². The van der Waals surface area contributed by atoms with Gasteiger partial charge in [0.15, 0.2) is 5.78 Å². The fourth-order valence-electron chi connectivity index (χ4n) is 4.16. The van der Waals surface area contributed by atoms with Crippen LogP contribution in [0, 0.1) is 6.92 Å². The van der Waals surface area contributed by atoms with Crippen LogP contribution in [0.4, 0.5) is 5.69 Å². The molecule has 2 aromatic rings. The molecule has 2 N–H and O–H groups in total. The van der Waals surface area contributed by atoms with Crippen molar-refractivity contribution >= 4 is 46.7 Å². The molecule has 0 saturated carbocycles. The Morgan fingerprint density at radius 3 is 2.66 bits per heavy atom. The summed E-state index contributed by atoms with van der Waals surface area (Å²) in [5.41, 5.74) is 2.93. The lowest BCUT2D eigenvalue weighted by Gasteiger charge is -2.28. The molecule has 0 spiro atoms. The molecule has 2 atom stereocenters. The van der Waals surface area contributed by atoms with E-state index in [1.54, 1.807) is 24.3 Å². The largest absolute Gasteiger partial charge is 0.351 e. The third-order valence-electron chi connectivity index (χ3n) is 6.20. The minimum absolute atomic E-state index is 0.0306. The van der Waals surface area contributed by atoms with Crippen LogP contribution < -0.4 is 10.6 Å². The van der Waals surface area contributed by atoms with Crippen LogP contribution in [0.1, 0.15) is 53.6 Å². The monoisotopic (exact) mass is 493 g/mol. The van der Waals surface area contributed by atoms with Crippen molar-refractivity contribution in [1.29, 1.82) is 0 Å². The number of imide groups is 2. The third-order valence-corrected chi connectivity index (χ3v) is 6.60. The Kier molecular flexibility index (Phi) is 6.84. The van der Waals surface area contributed by atoms with Crippen molar-refractivity contribution in [2.45, 2.75) is 45.1 Å². The van der Waals surface area contributed by atoms with E-state index >= 15 is 0 Å². The van der Waals surface area contributed by atoms with Gasteiger partial charge in [0.1, 0.15) is 11.7 Å². The number of benzene rings is 2. The number of nitrogens with one attached hydrogen (secondary N) is 2. The maximum atomic E-state index is 12.9. The van der Waals surface area contributed by atoms with Crippen LogP contribution in [-0.4, -0.2) is 40.4 Å². The first-order valence-corrected chi connectivity index (χ1v) is 11.6. The molecule has 0 bridgehead atoms. The van der Waals surface area contributed by atoms with Crippen molar-refractivity contribution in [3.05, 3.63) is 76.0 Å². The first-order chi connectivity index (χ1) is 16.6. The highest BCUT2D eigenvalue weighted by Gasteiger charge is 2.42. The van der Waals surface area contributed by atoms with Crippen molar-refractivity contribution in [3.63, 3.8) is 0 Å². The highest BCUT2D eigenvalue weighted by molar-refractivity contribution is 6.31. The molecule has 35 heavy (non-hydrogen) atoms. The fourth-order valence-corrected chi connectivity index (χ4v) is 4.34. The van der Waals surface area contributed by atoms with Crippen LogP contribution in [0.25, 0.3) is 0 Å². The molecular weight excluding hydrogens is 470 g/mol. The molecule has 2 aromatic carbocycles. The molecule has 2 aliphatic rings. The number of rotatable bonds is 7. The minimum Gasteiger partial charge on any atom is -0.351 e. The maximum Gasteiger partial charge on any atom is 0.278 e. The van der Waals surface area contributed by atoms with Gasteiger partial charge in [0.25, 0.3) is 11.8 Å². The van der Waals surface area contributed by atoms with E-state index in [2.05, 4.69) is 10.6 Å². The highest BCUT2D eigenvalue weighted by atomic mass is 35.5. The zero-order valence-electron chi connectivity index (χ0n) is 19.3. The smallest absolute Gasteiger partial charge is 0.278 e. The van der Waals surface area contributed by atoms with E-state index in [1.807, 2.05) is 32.0 Å². The van der Waals surface area contributed by atoms with Crippen LogP contribution in [-0.2, 0) is 19.2 Å². The molecule has 180 valence electrons. The van der Waals surface area contributed by atoms with Crippen molar-refractivity contribution in [1.82, 2.24) is 10.2 Å². The first-order valence-electron chi connectivity index (χ1n) is 11.2. The summed E-state index contributed by atoms with van der Waals surface area (Å²) in [6, 6.07) is 11.5. The molecule has 0 aromatic heterocycles. The minimum atomic E-state index is -1.02. The van der Waals surface area contributed by atoms with Crippen molar-refractivity contribution in [3.8, 4) is 0 Å². The second-order valence-corrected chi connectivity index (χ2v) is 9.19. The Bertz CT molecular complexity index is 1290. The standard InChI is InChI=1S/C26H24ClN3O5/c1-14-6-7-17(12-19(14)27)22(31)10-15(2)16-4-3-5-18(11-16)28-20-13-24(33)30(26(20)35)21-8-9-23(32)29-25(21)34/h3-7,11-13,15,21,28H,8-10H2,1-2H3,(H,29,32,34). The van der Waals surface area contributed by atoms with E-state index in [-0.39, 0.29) is 36.7 Å². The summed E-state index contributed by atoms with van der Waals surface area (Å²) in [7, 11) is 0. The summed E-state index contributed by atoms with van der Waals surface area (Å²) >= 11 is 6.15. The number of nitrogens with zero attached hydrogens (tertiary/aromatic N) is 1. The van der Waals surface area contributed by atoms with Crippen LogP contribution in [0.2, 0.25) is 5.02 Å². The summed E-state index contributed by atoms with van der Waals surface area (Å²) in [6.07, 6.45) is 1.57. The molecule has 2 aliphatic heterocycles. The van der Waals surface area contributed by atoms with Gasteiger partial charge < -0.3 is 5.32 Å². The first kappa shape index (κ1) is 24.3. The highest BCUT2D eigenvalue weighted by Crippen LogP contribution is 2.27. The average molecular weight is 494 g/mol. The number of ketones is 1. The van der Waals surface area contributed by atoms with Gasteiger partial charge in [0.05, 0.1) is 0 Å². The lowest BCUT2D eigenvalue weighted by molar-refractivity contribution is -0.149. The molecule has 4 rings (SSSR count). The Morgan fingerprint density at radius 1 is 1.17 bits per heavy atom. The molecule has 2 heterocycles. The topological polar surface area (TPSA) is 113 Å². The molecule has 1 fully saturated rings. The van der Waals surface area contributed by atoms with Gasteiger partial charge in [-0.15, -0.1) is 0 Å². The number of amides is 4. The number of anilines is 1. The molecule has 0 radical (unpaired) electrons. The quantitative estimate of drug-likeness (QED) is 0.451. The van der Waals surface area contributed by atoms with E-state index < -0.39 is 29.7 Å². The second-order valence-electron chi connectivity index (χ2n) is 8.78. The Balaban J connectivity index is 1.44. The number of carbonyl (C=O) groups is 5. The van der Waals surface area contributed by atoms with E-state index in [0.29, 0.717) is 16.3 Å². The lowest BCUT2D eigenvalue weighted by Crippen LogP contribution is -2.54. The zero-order chi connectivity index (χ0) is 25.3. The summed E-state index contributed by atoms with van der Waals surface area (Å²) in [4.78, 5) is 62.5. The molecule has 0 aliphatic carbocycles. The van der Waals surface area contributed by atoms with Crippen LogP contribution in [0.15, 0.2) is 54.2 Å². The number of carbonyl (C=O) groups excluding carboxylic acids is 5. The van der Waals surface area contributed by atoms with Gasteiger partial charge >= 0.3 is 0 Å². The number of aryl methyl sites for hydroxylation is 1. The molecule has 1 saturated heterocycles. The van der Waals surface area contributed by atoms with Crippen LogP contribution in [0.5, 0.6) is 0 Å². The number of Topliss-reactive ketones (excluding diaryl/α,β-unsaturated/α-hetero) is 1. The van der Waals surface area contributed by atoms with Gasteiger partial charge in [-0.3, -0.25) is 34.2 Å². The Morgan fingerprint density at radius 2 is 1.94 bits per heavy atom. The average Bonchev–Trinajstić information content (AvgIpc) is 3.08. The predicted molar refractivity (Wildman–Crippen MR) is 130 cm³/mol. The maximum absolute atomic E-state index is 12.9. The zero-order valence-corrected chi connectivity index (χ0v) is 20.0. The lowest BCUT2D eigenvalue weighted by atomic mass is 9.92. The summed E-state index contributed by atoms with van der Waals surface area (Å²) in [5, 5.41) is 5.66. The summed E-state index contributed by atoms with van der Waals surface area (Å²) in [5.74, 6) is -2.47. The van der Waals surface area contributed by atoms with Gasteiger partial charge in [-0.25, -0.2) is 0 Å². The number of hydrogen-bond acceptors (Lipinski definition) is 6. The third kappa shape index (κ3) is 5.17. The van der Waals surface area contributed by atoms with Gasteiger partial charge in [0.2, 0.25) is 11.8 Å². The van der Waals surface area contributed by atoms with E-state index in [4.69, 9.17) is 11.6 Å². The van der Waals surface area contributed by atoms with Crippen LogP contribution >= 0.6 is 11.6 Å². The van der Waals surface area contributed by atoms with Gasteiger partial charge in [-0.05, 0) is 48.6 Å². The molecular formula is C26H24ClN3O5. The van der Waals surface area contributed by atoms with Crippen molar-refractivity contribution < 1.29 is 24.0 Å². The Labute approximate surface area is 207 Å². The van der Waals surface area contributed by atoms with E-state index in [0.717, 1.165) is 22.1 Å².